The van der Waals surface area contributed by atoms with Gasteiger partial charge in [-0.15, -0.1) is 0 Å². The van der Waals surface area contributed by atoms with Crippen molar-refractivity contribution in [2.24, 2.45) is 0 Å². The molecule has 5 heteroatoms. The molecule has 3 rings (SSSR count). The maximum Gasteiger partial charge on any atom is 0.336 e. The Morgan fingerprint density at radius 2 is 2.19 bits per heavy atom. The molecule has 1 fully saturated rings. The smallest absolute Gasteiger partial charge is 0.336 e. The number of ether oxygens (including phenoxy) is 2. The topological polar surface area (TPSA) is 48.7 Å². The SMILES string of the molecule is Cc1cc(=O)oc2cc(OCC3CCCCO3)c(Cl)cc12. The molecular formula is C16H17ClO4. The van der Waals surface area contributed by atoms with Crippen molar-refractivity contribution in [1.82, 2.24) is 0 Å². The van der Waals surface area contributed by atoms with Gasteiger partial charge in [0.2, 0.25) is 0 Å². The number of halogens is 1. The summed E-state index contributed by atoms with van der Waals surface area (Å²) in [6.07, 6.45) is 3.37. The quantitative estimate of drug-likeness (QED) is 0.811. The van der Waals surface area contributed by atoms with E-state index < -0.39 is 0 Å². The first-order valence-corrected chi connectivity index (χ1v) is 7.50. The Labute approximate surface area is 127 Å². The summed E-state index contributed by atoms with van der Waals surface area (Å²) in [7, 11) is 0. The highest BCUT2D eigenvalue weighted by Gasteiger charge is 2.16. The van der Waals surface area contributed by atoms with Crippen LogP contribution in [-0.2, 0) is 4.74 Å². The lowest BCUT2D eigenvalue weighted by Crippen LogP contribution is -2.25. The van der Waals surface area contributed by atoms with Gasteiger partial charge >= 0.3 is 5.63 Å². The van der Waals surface area contributed by atoms with Gasteiger partial charge < -0.3 is 13.9 Å². The molecule has 1 saturated heterocycles. The van der Waals surface area contributed by atoms with Gasteiger partial charge in [-0.2, -0.15) is 0 Å². The molecule has 2 aromatic rings. The molecule has 1 aromatic carbocycles. The molecule has 1 aliphatic heterocycles. The highest BCUT2D eigenvalue weighted by Crippen LogP contribution is 2.31. The molecule has 1 unspecified atom stereocenters. The van der Waals surface area contributed by atoms with Crippen molar-refractivity contribution in [1.29, 1.82) is 0 Å². The molecule has 1 aromatic heterocycles. The summed E-state index contributed by atoms with van der Waals surface area (Å²) in [5.41, 5.74) is 0.957. The predicted octanol–water partition coefficient (Wildman–Crippen LogP) is 3.70. The third-order valence-electron chi connectivity index (χ3n) is 3.70. The lowest BCUT2D eigenvalue weighted by Gasteiger charge is -2.22. The van der Waals surface area contributed by atoms with E-state index in [9.17, 15) is 4.79 Å². The fraction of sp³-hybridized carbons (Fsp3) is 0.438. The highest BCUT2D eigenvalue weighted by molar-refractivity contribution is 6.32. The zero-order valence-electron chi connectivity index (χ0n) is 11.9. The number of fused-ring (bicyclic) bond motifs is 1. The number of hydrogen-bond acceptors (Lipinski definition) is 4. The Bertz CT molecular complexity index is 701. The number of rotatable bonds is 3. The van der Waals surface area contributed by atoms with Crippen LogP contribution in [0.5, 0.6) is 5.75 Å². The van der Waals surface area contributed by atoms with E-state index in [-0.39, 0.29) is 11.7 Å². The Morgan fingerprint density at radius 1 is 1.33 bits per heavy atom. The fourth-order valence-electron chi connectivity index (χ4n) is 2.55. The third kappa shape index (κ3) is 3.22. The second-order valence-electron chi connectivity index (χ2n) is 5.33. The van der Waals surface area contributed by atoms with Crippen molar-refractivity contribution in [3.05, 3.63) is 39.2 Å². The molecule has 0 spiro atoms. The maximum atomic E-state index is 11.4. The average Bonchev–Trinajstić information content (AvgIpc) is 2.47. The zero-order valence-corrected chi connectivity index (χ0v) is 12.6. The standard InChI is InChI=1S/C16H17ClO4/c1-10-6-16(18)21-14-8-15(13(17)7-12(10)14)20-9-11-4-2-3-5-19-11/h6-8,11H,2-5,9H2,1H3. The molecule has 0 radical (unpaired) electrons. The van der Waals surface area contributed by atoms with Crippen molar-refractivity contribution >= 4 is 22.6 Å². The van der Waals surface area contributed by atoms with Crippen molar-refractivity contribution < 1.29 is 13.9 Å². The summed E-state index contributed by atoms with van der Waals surface area (Å²) in [5, 5.41) is 1.33. The van der Waals surface area contributed by atoms with Crippen molar-refractivity contribution in [3.8, 4) is 5.75 Å². The van der Waals surface area contributed by atoms with Gasteiger partial charge in [-0.3, -0.25) is 0 Å². The molecule has 0 bridgehead atoms. The van der Waals surface area contributed by atoms with E-state index in [4.69, 9.17) is 25.5 Å². The summed E-state index contributed by atoms with van der Waals surface area (Å²) in [4.78, 5) is 11.4. The van der Waals surface area contributed by atoms with E-state index in [0.29, 0.717) is 23.0 Å². The Balaban J connectivity index is 1.84. The fourth-order valence-corrected chi connectivity index (χ4v) is 2.77. The van der Waals surface area contributed by atoms with Crippen molar-refractivity contribution in [2.45, 2.75) is 32.3 Å². The van der Waals surface area contributed by atoms with Crippen LogP contribution < -0.4 is 10.4 Å². The van der Waals surface area contributed by atoms with Crippen LogP contribution in [0, 0.1) is 6.92 Å². The van der Waals surface area contributed by atoms with E-state index in [0.717, 1.165) is 36.8 Å². The van der Waals surface area contributed by atoms with Gasteiger partial charge in [0.1, 0.15) is 17.9 Å². The first kappa shape index (κ1) is 14.4. The van der Waals surface area contributed by atoms with Crippen LogP contribution in [0.4, 0.5) is 0 Å². The zero-order chi connectivity index (χ0) is 14.8. The third-order valence-corrected chi connectivity index (χ3v) is 4.00. The van der Waals surface area contributed by atoms with Gasteiger partial charge in [0.25, 0.3) is 0 Å². The van der Waals surface area contributed by atoms with Crippen LogP contribution in [0.15, 0.2) is 27.4 Å². The van der Waals surface area contributed by atoms with Crippen LogP contribution in [0.3, 0.4) is 0 Å². The van der Waals surface area contributed by atoms with Crippen LogP contribution in [0.25, 0.3) is 11.0 Å². The Kier molecular flexibility index (Phi) is 4.17. The molecule has 0 aliphatic carbocycles. The minimum absolute atomic E-state index is 0.107. The summed E-state index contributed by atoms with van der Waals surface area (Å²) in [6, 6.07) is 4.90. The second kappa shape index (κ2) is 6.08. The van der Waals surface area contributed by atoms with Crippen molar-refractivity contribution in [3.63, 3.8) is 0 Å². The minimum atomic E-state index is -0.371. The lowest BCUT2D eigenvalue weighted by molar-refractivity contribution is -0.0110. The van der Waals surface area contributed by atoms with Crippen LogP contribution in [0.2, 0.25) is 5.02 Å². The lowest BCUT2D eigenvalue weighted by atomic mass is 10.1. The average molecular weight is 309 g/mol. The first-order valence-electron chi connectivity index (χ1n) is 7.12. The van der Waals surface area contributed by atoms with Gasteiger partial charge in [0.05, 0.1) is 11.1 Å². The highest BCUT2D eigenvalue weighted by atomic mass is 35.5. The number of aryl methyl sites for hydroxylation is 1. The Hall–Kier alpha value is -1.52. The molecule has 21 heavy (non-hydrogen) atoms. The van der Waals surface area contributed by atoms with Gasteiger partial charge in [-0.1, -0.05) is 11.6 Å². The minimum Gasteiger partial charge on any atom is -0.489 e. The largest absolute Gasteiger partial charge is 0.489 e. The normalized spacial score (nSPS) is 18.9. The van der Waals surface area contributed by atoms with Gasteiger partial charge in [-0.25, -0.2) is 4.79 Å². The molecule has 0 N–H and O–H groups in total. The monoisotopic (exact) mass is 308 g/mol. The summed E-state index contributed by atoms with van der Waals surface area (Å²) in [5.74, 6) is 0.520. The Morgan fingerprint density at radius 3 is 2.95 bits per heavy atom. The predicted molar refractivity (Wildman–Crippen MR) is 81.3 cm³/mol. The molecule has 112 valence electrons. The summed E-state index contributed by atoms with van der Waals surface area (Å²) < 4.78 is 16.6. The molecule has 0 saturated carbocycles. The van der Waals surface area contributed by atoms with Gasteiger partial charge in [0, 0.05) is 24.1 Å². The van der Waals surface area contributed by atoms with Crippen LogP contribution >= 0.6 is 11.6 Å². The summed E-state index contributed by atoms with van der Waals surface area (Å²) >= 11 is 6.25. The van der Waals surface area contributed by atoms with E-state index >= 15 is 0 Å². The maximum absolute atomic E-state index is 11.4. The summed E-state index contributed by atoms with van der Waals surface area (Å²) in [6.45, 7) is 3.10. The van der Waals surface area contributed by atoms with Crippen LogP contribution in [-0.4, -0.2) is 19.3 Å². The van der Waals surface area contributed by atoms with E-state index in [2.05, 4.69) is 0 Å². The van der Waals surface area contributed by atoms with Gasteiger partial charge in [0.15, 0.2) is 0 Å². The van der Waals surface area contributed by atoms with E-state index in [1.165, 1.54) is 6.07 Å². The molecule has 4 nitrogen and oxygen atoms in total. The van der Waals surface area contributed by atoms with Crippen molar-refractivity contribution in [2.75, 3.05) is 13.2 Å². The number of benzene rings is 1. The molecule has 0 amide bonds. The molecule has 1 aliphatic rings. The molecular weight excluding hydrogens is 292 g/mol. The second-order valence-corrected chi connectivity index (χ2v) is 5.73. The van der Waals surface area contributed by atoms with Crippen LogP contribution in [0.1, 0.15) is 24.8 Å². The van der Waals surface area contributed by atoms with E-state index in [1.54, 1.807) is 12.1 Å². The van der Waals surface area contributed by atoms with E-state index in [1.807, 2.05) is 6.92 Å². The first-order chi connectivity index (χ1) is 10.1. The van der Waals surface area contributed by atoms with Gasteiger partial charge in [-0.05, 0) is 37.8 Å². The molecule has 2 heterocycles. The molecule has 1 atom stereocenters. The number of hydrogen-bond donors (Lipinski definition) is 0.